The van der Waals surface area contributed by atoms with Gasteiger partial charge < -0.3 is 4.84 Å². The molecule has 0 bridgehead atoms. The smallest absolute Gasteiger partial charge is 0.142 e. The van der Waals surface area contributed by atoms with E-state index in [9.17, 15) is 0 Å². The van der Waals surface area contributed by atoms with E-state index < -0.39 is 0 Å². The molecule has 2 heteroatoms. The van der Waals surface area contributed by atoms with Crippen molar-refractivity contribution < 1.29 is 4.84 Å². The third-order valence-corrected chi connectivity index (χ3v) is 4.69. The van der Waals surface area contributed by atoms with Gasteiger partial charge in [-0.2, -0.15) is 0 Å². The first kappa shape index (κ1) is 12.5. The van der Waals surface area contributed by atoms with Crippen LogP contribution in [0.5, 0.6) is 0 Å². The molecule has 2 unspecified atom stereocenters. The van der Waals surface area contributed by atoms with Crippen LogP contribution in [-0.4, -0.2) is 5.71 Å². The Morgan fingerprint density at radius 1 is 1.26 bits per heavy atom. The molecule has 100 valence electrons. The number of hydrogen-bond donors (Lipinski definition) is 0. The Morgan fingerprint density at radius 2 is 2.00 bits per heavy atom. The molecular formula is C17H21NO. The average molecular weight is 255 g/mol. The summed E-state index contributed by atoms with van der Waals surface area (Å²) in [6.07, 6.45) is 3.44. The Labute approximate surface area is 115 Å². The molecule has 19 heavy (non-hydrogen) atoms. The van der Waals surface area contributed by atoms with Crippen molar-refractivity contribution in [3.05, 3.63) is 47.5 Å². The van der Waals surface area contributed by atoms with E-state index >= 15 is 0 Å². The minimum Gasteiger partial charge on any atom is -0.391 e. The Balaban J connectivity index is 1.63. The van der Waals surface area contributed by atoms with Gasteiger partial charge in [-0.05, 0) is 41.7 Å². The fraction of sp³-hybridized carbons (Fsp3) is 0.471. The van der Waals surface area contributed by atoms with Gasteiger partial charge in [-0.1, -0.05) is 55.4 Å². The minimum atomic E-state index is 0.456. The van der Waals surface area contributed by atoms with Gasteiger partial charge in [0.2, 0.25) is 0 Å². The highest BCUT2D eigenvalue weighted by Gasteiger charge is 2.58. The molecular weight excluding hydrogens is 234 g/mol. The van der Waals surface area contributed by atoms with E-state index in [1.54, 1.807) is 0 Å². The molecule has 1 fully saturated rings. The second-order valence-corrected chi connectivity index (χ2v) is 6.30. The van der Waals surface area contributed by atoms with Crippen molar-refractivity contribution in [2.75, 3.05) is 0 Å². The number of rotatable bonds is 3. The molecule has 0 radical (unpaired) electrons. The van der Waals surface area contributed by atoms with Crippen LogP contribution in [0.2, 0.25) is 0 Å². The van der Waals surface area contributed by atoms with Crippen LogP contribution in [0.1, 0.15) is 32.8 Å². The number of hydrogen-bond acceptors (Lipinski definition) is 2. The van der Waals surface area contributed by atoms with Crippen molar-refractivity contribution in [1.82, 2.24) is 0 Å². The fourth-order valence-electron chi connectivity index (χ4n) is 3.11. The summed E-state index contributed by atoms with van der Waals surface area (Å²) in [6, 6.07) is 10.2. The molecule has 1 aromatic carbocycles. The average Bonchev–Trinajstić information content (AvgIpc) is 2.92. The van der Waals surface area contributed by atoms with Crippen molar-refractivity contribution in [2.45, 2.75) is 33.8 Å². The molecule has 3 rings (SSSR count). The van der Waals surface area contributed by atoms with E-state index in [0.717, 1.165) is 29.5 Å². The maximum atomic E-state index is 5.51. The lowest BCUT2D eigenvalue weighted by molar-refractivity contribution is 0.129. The zero-order chi connectivity index (χ0) is 13.5. The monoisotopic (exact) mass is 255 g/mol. The summed E-state index contributed by atoms with van der Waals surface area (Å²) in [6.45, 7) is 7.39. The Kier molecular flexibility index (Phi) is 2.96. The van der Waals surface area contributed by atoms with Crippen molar-refractivity contribution in [3.8, 4) is 0 Å². The first-order valence-corrected chi connectivity index (χ1v) is 7.00. The summed E-state index contributed by atoms with van der Waals surface area (Å²) < 4.78 is 0. The molecule has 2 aliphatic carbocycles. The van der Waals surface area contributed by atoms with Gasteiger partial charge in [-0.25, -0.2) is 0 Å². The number of benzene rings is 1. The first-order valence-electron chi connectivity index (χ1n) is 7.00. The standard InChI is InChI=1S/C17H21NO/c1-12-9-14-15(17(14,2)3)10-16(12)18-19-11-13-7-5-4-6-8-13/h4-9,14-15H,10-11H2,1-3H3/b18-16-. The highest BCUT2D eigenvalue weighted by molar-refractivity contribution is 6.01. The number of nitrogens with zero attached hydrogens (tertiary/aromatic N) is 1. The summed E-state index contributed by atoms with van der Waals surface area (Å²) in [7, 11) is 0. The number of allylic oxidation sites excluding steroid dienone is 2. The molecule has 0 spiro atoms. The molecule has 0 N–H and O–H groups in total. The van der Waals surface area contributed by atoms with Crippen LogP contribution in [0.15, 0.2) is 47.1 Å². The third kappa shape index (κ3) is 2.32. The lowest BCUT2D eigenvalue weighted by Crippen LogP contribution is -2.08. The Bertz CT molecular complexity index is 527. The van der Waals surface area contributed by atoms with Crippen LogP contribution in [0.25, 0.3) is 0 Å². The van der Waals surface area contributed by atoms with Gasteiger partial charge in [0.15, 0.2) is 0 Å². The zero-order valence-corrected chi connectivity index (χ0v) is 11.9. The molecule has 2 aliphatic rings. The summed E-state index contributed by atoms with van der Waals surface area (Å²) in [5.74, 6) is 1.51. The van der Waals surface area contributed by atoms with Gasteiger partial charge in [0.25, 0.3) is 0 Å². The molecule has 0 aromatic heterocycles. The van der Waals surface area contributed by atoms with E-state index in [1.807, 2.05) is 18.2 Å². The minimum absolute atomic E-state index is 0.456. The van der Waals surface area contributed by atoms with Crippen LogP contribution < -0.4 is 0 Å². The topological polar surface area (TPSA) is 21.6 Å². The van der Waals surface area contributed by atoms with Crippen LogP contribution in [0, 0.1) is 17.3 Å². The lowest BCUT2D eigenvalue weighted by atomic mass is 9.99. The maximum Gasteiger partial charge on any atom is 0.142 e. The Hall–Kier alpha value is -1.57. The van der Waals surface area contributed by atoms with E-state index in [1.165, 1.54) is 5.57 Å². The van der Waals surface area contributed by atoms with Crippen LogP contribution in [-0.2, 0) is 11.4 Å². The molecule has 0 saturated heterocycles. The van der Waals surface area contributed by atoms with Crippen LogP contribution >= 0.6 is 0 Å². The van der Waals surface area contributed by atoms with Gasteiger partial charge in [-0.3, -0.25) is 0 Å². The van der Waals surface area contributed by atoms with Gasteiger partial charge in [0, 0.05) is 0 Å². The van der Waals surface area contributed by atoms with Gasteiger partial charge in [0.1, 0.15) is 6.61 Å². The second kappa shape index (κ2) is 4.52. The molecule has 0 amide bonds. The van der Waals surface area contributed by atoms with Crippen molar-refractivity contribution in [2.24, 2.45) is 22.4 Å². The highest BCUT2D eigenvalue weighted by atomic mass is 16.6. The quantitative estimate of drug-likeness (QED) is 0.742. The molecule has 2 nitrogen and oxygen atoms in total. The SMILES string of the molecule is CC1=CC2C(C/C1=N/OCc1ccccc1)C2(C)C. The predicted octanol–water partition coefficient (Wildman–Crippen LogP) is 4.18. The molecule has 1 saturated carbocycles. The van der Waals surface area contributed by atoms with Crippen molar-refractivity contribution in [3.63, 3.8) is 0 Å². The van der Waals surface area contributed by atoms with Crippen molar-refractivity contribution >= 4 is 5.71 Å². The Morgan fingerprint density at radius 3 is 2.74 bits per heavy atom. The van der Waals surface area contributed by atoms with Gasteiger partial charge in [0.05, 0.1) is 5.71 Å². The first-order chi connectivity index (χ1) is 9.09. The second-order valence-electron chi connectivity index (χ2n) is 6.30. The highest BCUT2D eigenvalue weighted by Crippen LogP contribution is 2.63. The molecule has 1 aromatic rings. The normalized spacial score (nSPS) is 29.6. The predicted molar refractivity (Wildman–Crippen MR) is 77.8 cm³/mol. The molecule has 0 heterocycles. The number of oxime groups is 1. The fourth-order valence-corrected chi connectivity index (χ4v) is 3.11. The summed E-state index contributed by atoms with van der Waals surface area (Å²) in [5.41, 5.74) is 4.04. The van der Waals surface area contributed by atoms with Gasteiger partial charge >= 0.3 is 0 Å². The maximum absolute atomic E-state index is 5.51. The van der Waals surface area contributed by atoms with Crippen LogP contribution in [0.3, 0.4) is 0 Å². The van der Waals surface area contributed by atoms with Gasteiger partial charge in [-0.15, -0.1) is 0 Å². The number of fused-ring (bicyclic) bond motifs is 1. The third-order valence-electron chi connectivity index (χ3n) is 4.69. The van der Waals surface area contributed by atoms with Crippen molar-refractivity contribution in [1.29, 1.82) is 0 Å². The van der Waals surface area contributed by atoms with E-state index in [-0.39, 0.29) is 0 Å². The largest absolute Gasteiger partial charge is 0.391 e. The van der Waals surface area contributed by atoms with Crippen LogP contribution in [0.4, 0.5) is 0 Å². The molecule has 2 atom stereocenters. The summed E-state index contributed by atoms with van der Waals surface area (Å²) in [4.78, 5) is 5.51. The van der Waals surface area contributed by atoms with E-state index in [0.29, 0.717) is 12.0 Å². The summed E-state index contributed by atoms with van der Waals surface area (Å²) >= 11 is 0. The molecule has 0 aliphatic heterocycles. The zero-order valence-electron chi connectivity index (χ0n) is 11.9. The van der Waals surface area contributed by atoms with E-state index in [2.05, 4.69) is 44.1 Å². The van der Waals surface area contributed by atoms with E-state index in [4.69, 9.17) is 4.84 Å². The summed E-state index contributed by atoms with van der Waals surface area (Å²) in [5, 5.41) is 4.35. The lowest BCUT2D eigenvalue weighted by Gasteiger charge is -2.11.